The highest BCUT2D eigenvalue weighted by Gasteiger charge is 2.14. The van der Waals surface area contributed by atoms with Gasteiger partial charge in [-0.15, -0.1) is 11.8 Å². The van der Waals surface area contributed by atoms with E-state index >= 15 is 0 Å². The maximum atomic E-state index is 5.38. The lowest BCUT2D eigenvalue weighted by atomic mass is 10.2. The smallest absolute Gasteiger partial charge is 0.0476 e. The highest BCUT2D eigenvalue weighted by molar-refractivity contribution is 8.00. The molecule has 0 unspecified atom stereocenters. The van der Waals surface area contributed by atoms with Crippen molar-refractivity contribution in [3.63, 3.8) is 0 Å². The predicted octanol–water partition coefficient (Wildman–Crippen LogP) is 3.07. The molecule has 0 radical (unpaired) electrons. The molecule has 0 bridgehead atoms. The zero-order chi connectivity index (χ0) is 11.9. The quantitative estimate of drug-likeness (QED) is 0.869. The molecule has 1 saturated heterocycles. The monoisotopic (exact) mass is 251 g/mol. The standard InChI is InChI=1S/C14H21NOS/c1-2-15-11-12-3-5-13(6-4-12)17-14-7-9-16-10-8-14/h3-6,14-15H,2,7-11H2,1H3. The zero-order valence-corrected chi connectivity index (χ0v) is 11.3. The van der Waals surface area contributed by atoms with Crippen LogP contribution in [0.5, 0.6) is 0 Å². The minimum Gasteiger partial charge on any atom is -0.381 e. The van der Waals surface area contributed by atoms with Crippen molar-refractivity contribution in [3.8, 4) is 0 Å². The molecular formula is C14H21NOS. The summed E-state index contributed by atoms with van der Waals surface area (Å²) in [6.45, 7) is 5.99. The van der Waals surface area contributed by atoms with E-state index in [4.69, 9.17) is 4.74 Å². The van der Waals surface area contributed by atoms with Gasteiger partial charge in [0.1, 0.15) is 0 Å². The molecule has 0 aliphatic carbocycles. The number of nitrogens with one attached hydrogen (secondary N) is 1. The molecular weight excluding hydrogens is 230 g/mol. The molecule has 2 nitrogen and oxygen atoms in total. The number of hydrogen-bond donors (Lipinski definition) is 1. The average Bonchev–Trinajstić information content (AvgIpc) is 2.39. The molecule has 1 heterocycles. The molecule has 17 heavy (non-hydrogen) atoms. The molecule has 0 atom stereocenters. The van der Waals surface area contributed by atoms with E-state index in [0.717, 1.165) is 31.6 Å². The van der Waals surface area contributed by atoms with Crippen molar-refractivity contribution in [3.05, 3.63) is 29.8 Å². The van der Waals surface area contributed by atoms with Crippen LogP contribution in [0.1, 0.15) is 25.3 Å². The first-order valence-corrected chi connectivity index (χ1v) is 7.30. The number of hydrogen-bond acceptors (Lipinski definition) is 3. The Bertz CT molecular complexity index is 319. The third kappa shape index (κ3) is 4.34. The SMILES string of the molecule is CCNCc1ccc(SC2CCOCC2)cc1. The van der Waals surface area contributed by atoms with Crippen molar-refractivity contribution >= 4 is 11.8 Å². The van der Waals surface area contributed by atoms with E-state index in [1.807, 2.05) is 11.8 Å². The van der Waals surface area contributed by atoms with Crippen LogP contribution in [0.4, 0.5) is 0 Å². The second-order valence-electron chi connectivity index (χ2n) is 4.35. The number of benzene rings is 1. The van der Waals surface area contributed by atoms with E-state index in [1.165, 1.54) is 23.3 Å². The van der Waals surface area contributed by atoms with Crippen molar-refractivity contribution < 1.29 is 4.74 Å². The van der Waals surface area contributed by atoms with Crippen molar-refractivity contribution in [2.24, 2.45) is 0 Å². The molecule has 0 aromatic heterocycles. The fraction of sp³-hybridized carbons (Fsp3) is 0.571. The van der Waals surface area contributed by atoms with E-state index < -0.39 is 0 Å². The zero-order valence-electron chi connectivity index (χ0n) is 10.4. The maximum absolute atomic E-state index is 5.38. The molecule has 1 aliphatic rings. The Balaban J connectivity index is 1.84. The third-order valence-corrected chi connectivity index (χ3v) is 4.32. The van der Waals surface area contributed by atoms with E-state index in [2.05, 4.69) is 36.5 Å². The summed E-state index contributed by atoms with van der Waals surface area (Å²) in [6, 6.07) is 8.94. The van der Waals surface area contributed by atoms with Crippen molar-refractivity contribution in [1.29, 1.82) is 0 Å². The van der Waals surface area contributed by atoms with Crippen molar-refractivity contribution in [2.45, 2.75) is 36.5 Å². The molecule has 1 N–H and O–H groups in total. The summed E-state index contributed by atoms with van der Waals surface area (Å²) in [6.07, 6.45) is 2.37. The summed E-state index contributed by atoms with van der Waals surface area (Å²) in [5.74, 6) is 0. The highest BCUT2D eigenvalue weighted by Crippen LogP contribution is 2.29. The lowest BCUT2D eigenvalue weighted by Gasteiger charge is -2.21. The minimum atomic E-state index is 0.739. The molecule has 1 aliphatic heterocycles. The molecule has 1 aromatic rings. The van der Waals surface area contributed by atoms with Gasteiger partial charge in [-0.25, -0.2) is 0 Å². The Hall–Kier alpha value is -0.510. The van der Waals surface area contributed by atoms with Gasteiger partial charge in [0.15, 0.2) is 0 Å². The first-order valence-electron chi connectivity index (χ1n) is 6.42. The summed E-state index contributed by atoms with van der Waals surface area (Å²) < 4.78 is 5.38. The molecule has 0 amide bonds. The van der Waals surface area contributed by atoms with Crippen LogP contribution in [0.15, 0.2) is 29.2 Å². The molecule has 1 aromatic carbocycles. The minimum absolute atomic E-state index is 0.739. The van der Waals surface area contributed by atoms with Crippen molar-refractivity contribution in [1.82, 2.24) is 5.32 Å². The van der Waals surface area contributed by atoms with Gasteiger partial charge in [-0.3, -0.25) is 0 Å². The molecule has 0 spiro atoms. The van der Waals surface area contributed by atoms with E-state index in [-0.39, 0.29) is 0 Å². The summed E-state index contributed by atoms with van der Waals surface area (Å²) in [7, 11) is 0. The van der Waals surface area contributed by atoms with Crippen LogP contribution in [-0.4, -0.2) is 25.0 Å². The third-order valence-electron chi connectivity index (χ3n) is 2.97. The second-order valence-corrected chi connectivity index (χ2v) is 5.73. The van der Waals surface area contributed by atoms with Gasteiger partial charge in [0, 0.05) is 29.9 Å². The van der Waals surface area contributed by atoms with Gasteiger partial charge >= 0.3 is 0 Å². The average molecular weight is 251 g/mol. The molecule has 94 valence electrons. The molecule has 3 heteroatoms. The summed E-state index contributed by atoms with van der Waals surface area (Å²) >= 11 is 2.00. The first-order chi connectivity index (χ1) is 8.38. The van der Waals surface area contributed by atoms with Crippen LogP contribution >= 0.6 is 11.8 Å². The predicted molar refractivity (Wildman–Crippen MR) is 73.5 cm³/mol. The second kappa shape index (κ2) is 7.04. The highest BCUT2D eigenvalue weighted by atomic mass is 32.2. The Morgan fingerprint density at radius 2 is 1.94 bits per heavy atom. The normalized spacial score (nSPS) is 17.2. The Morgan fingerprint density at radius 1 is 1.24 bits per heavy atom. The van der Waals surface area contributed by atoms with Gasteiger partial charge in [0.05, 0.1) is 0 Å². The summed E-state index contributed by atoms with van der Waals surface area (Å²) in [4.78, 5) is 1.39. The number of rotatable bonds is 5. The molecule has 0 saturated carbocycles. The van der Waals surface area contributed by atoms with Crippen LogP contribution < -0.4 is 5.32 Å². The maximum Gasteiger partial charge on any atom is 0.0476 e. The van der Waals surface area contributed by atoms with Gasteiger partial charge in [0.2, 0.25) is 0 Å². The van der Waals surface area contributed by atoms with Gasteiger partial charge in [0.25, 0.3) is 0 Å². The van der Waals surface area contributed by atoms with Gasteiger partial charge < -0.3 is 10.1 Å². The number of thioether (sulfide) groups is 1. The van der Waals surface area contributed by atoms with Crippen LogP contribution in [0.25, 0.3) is 0 Å². The molecule has 2 rings (SSSR count). The van der Waals surface area contributed by atoms with Crippen molar-refractivity contribution in [2.75, 3.05) is 19.8 Å². The summed E-state index contributed by atoms with van der Waals surface area (Å²) in [5, 5.41) is 4.08. The Labute approximate surface area is 108 Å². The largest absolute Gasteiger partial charge is 0.381 e. The van der Waals surface area contributed by atoms with Gasteiger partial charge in [-0.05, 0) is 37.1 Å². The van der Waals surface area contributed by atoms with Crippen LogP contribution in [0, 0.1) is 0 Å². The Morgan fingerprint density at radius 3 is 2.59 bits per heavy atom. The fourth-order valence-electron chi connectivity index (χ4n) is 1.94. The number of ether oxygens (including phenoxy) is 1. The topological polar surface area (TPSA) is 21.3 Å². The summed E-state index contributed by atoms with van der Waals surface area (Å²) in [5.41, 5.74) is 1.36. The van der Waals surface area contributed by atoms with Crippen LogP contribution in [-0.2, 0) is 11.3 Å². The first kappa shape index (κ1) is 12.9. The van der Waals surface area contributed by atoms with E-state index in [9.17, 15) is 0 Å². The van der Waals surface area contributed by atoms with E-state index in [1.54, 1.807) is 0 Å². The van der Waals surface area contributed by atoms with Crippen LogP contribution in [0.2, 0.25) is 0 Å². The van der Waals surface area contributed by atoms with Crippen LogP contribution in [0.3, 0.4) is 0 Å². The van der Waals surface area contributed by atoms with E-state index in [0.29, 0.717) is 0 Å². The van der Waals surface area contributed by atoms with Gasteiger partial charge in [-0.2, -0.15) is 0 Å². The van der Waals surface area contributed by atoms with Gasteiger partial charge in [-0.1, -0.05) is 19.1 Å². The molecule has 1 fully saturated rings. The fourth-order valence-corrected chi connectivity index (χ4v) is 3.05. The lowest BCUT2D eigenvalue weighted by Crippen LogP contribution is -2.17. The lowest BCUT2D eigenvalue weighted by molar-refractivity contribution is 0.100. The Kier molecular flexibility index (Phi) is 5.36.